The largest absolute Gasteiger partial charge is 0.380 e. The van der Waals surface area contributed by atoms with Crippen LogP contribution in [0.5, 0.6) is 0 Å². The molecule has 2 rings (SSSR count). The maximum Gasteiger partial charge on any atom is 0.251 e. The Kier molecular flexibility index (Phi) is 5.06. The molecule has 0 saturated carbocycles. The number of rotatable bonds is 5. The van der Waals surface area contributed by atoms with E-state index >= 15 is 0 Å². The summed E-state index contributed by atoms with van der Waals surface area (Å²) >= 11 is 0. The Morgan fingerprint density at radius 1 is 1.19 bits per heavy atom. The molecule has 0 atom stereocenters. The molecular formula is C17H18FNO2. The molecule has 0 spiro atoms. The van der Waals surface area contributed by atoms with Crippen molar-refractivity contribution >= 4 is 5.91 Å². The Morgan fingerprint density at radius 3 is 2.57 bits per heavy atom. The van der Waals surface area contributed by atoms with Crippen molar-refractivity contribution in [2.45, 2.75) is 20.1 Å². The second-order valence-corrected chi connectivity index (χ2v) is 4.84. The number of hydrogen-bond acceptors (Lipinski definition) is 2. The Bertz CT molecular complexity index is 640. The van der Waals surface area contributed by atoms with Gasteiger partial charge in [0.05, 0.1) is 6.61 Å². The topological polar surface area (TPSA) is 38.3 Å². The van der Waals surface area contributed by atoms with Gasteiger partial charge in [0.1, 0.15) is 5.82 Å². The molecule has 1 amide bonds. The van der Waals surface area contributed by atoms with E-state index in [0.29, 0.717) is 24.3 Å². The third kappa shape index (κ3) is 3.89. The summed E-state index contributed by atoms with van der Waals surface area (Å²) in [7, 11) is 1.64. The SMILES string of the molecule is COCc1ccccc1CNC(=O)c1ccc(F)cc1C. The van der Waals surface area contributed by atoms with Gasteiger partial charge >= 0.3 is 0 Å². The van der Waals surface area contributed by atoms with Gasteiger partial charge in [-0.2, -0.15) is 0 Å². The van der Waals surface area contributed by atoms with Crippen molar-refractivity contribution in [2.75, 3.05) is 7.11 Å². The Hall–Kier alpha value is -2.20. The van der Waals surface area contributed by atoms with Crippen molar-refractivity contribution in [3.8, 4) is 0 Å². The Morgan fingerprint density at radius 2 is 1.90 bits per heavy atom. The molecule has 0 fully saturated rings. The van der Waals surface area contributed by atoms with E-state index in [2.05, 4.69) is 5.32 Å². The van der Waals surface area contributed by atoms with Crippen molar-refractivity contribution < 1.29 is 13.9 Å². The number of nitrogens with one attached hydrogen (secondary N) is 1. The van der Waals surface area contributed by atoms with Crippen LogP contribution in [0.2, 0.25) is 0 Å². The highest BCUT2D eigenvalue weighted by molar-refractivity contribution is 5.95. The molecule has 0 radical (unpaired) electrons. The fraction of sp³-hybridized carbons (Fsp3) is 0.235. The van der Waals surface area contributed by atoms with E-state index in [9.17, 15) is 9.18 Å². The summed E-state index contributed by atoms with van der Waals surface area (Å²) in [5, 5.41) is 2.86. The van der Waals surface area contributed by atoms with Crippen molar-refractivity contribution in [3.63, 3.8) is 0 Å². The van der Waals surface area contributed by atoms with Crippen molar-refractivity contribution in [2.24, 2.45) is 0 Å². The molecule has 110 valence electrons. The number of aryl methyl sites for hydroxylation is 1. The molecule has 0 bridgehead atoms. The summed E-state index contributed by atoms with van der Waals surface area (Å²) in [6.07, 6.45) is 0. The lowest BCUT2D eigenvalue weighted by Gasteiger charge is -2.11. The van der Waals surface area contributed by atoms with Crippen LogP contribution in [0, 0.1) is 12.7 Å². The first-order chi connectivity index (χ1) is 10.1. The molecule has 21 heavy (non-hydrogen) atoms. The quantitative estimate of drug-likeness (QED) is 0.917. The molecule has 0 heterocycles. The molecule has 0 aliphatic heterocycles. The van der Waals surface area contributed by atoms with E-state index in [1.165, 1.54) is 18.2 Å². The number of carbonyl (C=O) groups excluding carboxylic acids is 1. The minimum atomic E-state index is -0.338. The van der Waals surface area contributed by atoms with Crippen LogP contribution < -0.4 is 5.32 Å². The van der Waals surface area contributed by atoms with Gasteiger partial charge in [0.2, 0.25) is 0 Å². The first-order valence-corrected chi connectivity index (χ1v) is 6.72. The van der Waals surface area contributed by atoms with Crippen LogP contribution in [-0.2, 0) is 17.9 Å². The van der Waals surface area contributed by atoms with Crippen LogP contribution in [0.15, 0.2) is 42.5 Å². The Labute approximate surface area is 123 Å². The van der Waals surface area contributed by atoms with Crippen LogP contribution in [0.25, 0.3) is 0 Å². The van der Waals surface area contributed by atoms with Crippen molar-refractivity contribution in [1.29, 1.82) is 0 Å². The van der Waals surface area contributed by atoms with Gasteiger partial charge in [0, 0.05) is 19.2 Å². The molecule has 2 aromatic rings. The van der Waals surface area contributed by atoms with Gasteiger partial charge in [-0.15, -0.1) is 0 Å². The molecule has 2 aromatic carbocycles. The Balaban J connectivity index is 2.07. The van der Waals surface area contributed by atoms with Gasteiger partial charge in [0.25, 0.3) is 5.91 Å². The first kappa shape index (κ1) is 15.2. The molecule has 0 aromatic heterocycles. The average molecular weight is 287 g/mol. The molecule has 1 N–H and O–H groups in total. The highest BCUT2D eigenvalue weighted by atomic mass is 19.1. The van der Waals surface area contributed by atoms with E-state index in [1.807, 2.05) is 24.3 Å². The van der Waals surface area contributed by atoms with Gasteiger partial charge in [-0.1, -0.05) is 24.3 Å². The number of halogens is 1. The number of methoxy groups -OCH3 is 1. The second kappa shape index (κ2) is 6.99. The number of benzene rings is 2. The van der Waals surface area contributed by atoms with Crippen LogP contribution in [-0.4, -0.2) is 13.0 Å². The summed E-state index contributed by atoms with van der Waals surface area (Å²) in [5.41, 5.74) is 3.15. The third-order valence-corrected chi connectivity index (χ3v) is 3.29. The molecular weight excluding hydrogens is 269 g/mol. The van der Waals surface area contributed by atoms with Gasteiger partial charge < -0.3 is 10.1 Å². The fourth-order valence-corrected chi connectivity index (χ4v) is 2.18. The first-order valence-electron chi connectivity index (χ1n) is 6.72. The predicted octanol–water partition coefficient (Wildman–Crippen LogP) is 3.21. The molecule has 4 heteroatoms. The van der Waals surface area contributed by atoms with E-state index in [4.69, 9.17) is 4.74 Å². The summed E-state index contributed by atoms with van der Waals surface area (Å²) in [5.74, 6) is -0.547. The third-order valence-electron chi connectivity index (χ3n) is 3.29. The summed E-state index contributed by atoms with van der Waals surface area (Å²) < 4.78 is 18.2. The minimum absolute atomic E-state index is 0.209. The number of amides is 1. The number of carbonyl (C=O) groups is 1. The summed E-state index contributed by atoms with van der Waals surface area (Å²) in [6, 6.07) is 11.9. The zero-order valence-corrected chi connectivity index (χ0v) is 12.2. The van der Waals surface area contributed by atoms with Crippen LogP contribution in [0.1, 0.15) is 27.0 Å². The van der Waals surface area contributed by atoms with Crippen LogP contribution >= 0.6 is 0 Å². The van der Waals surface area contributed by atoms with Gasteiger partial charge in [-0.05, 0) is 41.8 Å². The smallest absolute Gasteiger partial charge is 0.251 e. The summed E-state index contributed by atoms with van der Waals surface area (Å²) in [6.45, 7) is 2.63. The maximum atomic E-state index is 13.1. The highest BCUT2D eigenvalue weighted by Gasteiger charge is 2.10. The van der Waals surface area contributed by atoms with E-state index in [1.54, 1.807) is 14.0 Å². The molecule has 3 nitrogen and oxygen atoms in total. The van der Waals surface area contributed by atoms with Crippen molar-refractivity contribution in [1.82, 2.24) is 5.32 Å². The monoisotopic (exact) mass is 287 g/mol. The van der Waals surface area contributed by atoms with E-state index in [-0.39, 0.29) is 11.7 Å². The summed E-state index contributed by atoms with van der Waals surface area (Å²) in [4.78, 5) is 12.2. The lowest BCUT2D eigenvalue weighted by atomic mass is 10.1. The highest BCUT2D eigenvalue weighted by Crippen LogP contribution is 2.12. The molecule has 0 unspecified atom stereocenters. The normalized spacial score (nSPS) is 10.4. The van der Waals surface area contributed by atoms with Crippen molar-refractivity contribution in [3.05, 3.63) is 70.5 Å². The van der Waals surface area contributed by atoms with E-state index in [0.717, 1.165) is 11.1 Å². The molecule has 0 aliphatic carbocycles. The fourth-order valence-electron chi connectivity index (χ4n) is 2.18. The lowest BCUT2D eigenvalue weighted by molar-refractivity contribution is 0.0950. The average Bonchev–Trinajstić information content (AvgIpc) is 2.46. The lowest BCUT2D eigenvalue weighted by Crippen LogP contribution is -2.24. The zero-order chi connectivity index (χ0) is 15.2. The van der Waals surface area contributed by atoms with Crippen LogP contribution in [0.4, 0.5) is 4.39 Å². The number of ether oxygens (including phenoxy) is 1. The molecule has 0 aliphatic rings. The van der Waals surface area contributed by atoms with Gasteiger partial charge in [-0.25, -0.2) is 4.39 Å². The van der Waals surface area contributed by atoms with Gasteiger partial charge in [0.15, 0.2) is 0 Å². The number of hydrogen-bond donors (Lipinski definition) is 1. The maximum absolute atomic E-state index is 13.1. The van der Waals surface area contributed by atoms with E-state index < -0.39 is 0 Å². The second-order valence-electron chi connectivity index (χ2n) is 4.84. The van der Waals surface area contributed by atoms with Crippen LogP contribution in [0.3, 0.4) is 0 Å². The zero-order valence-electron chi connectivity index (χ0n) is 12.2. The predicted molar refractivity (Wildman–Crippen MR) is 79.5 cm³/mol. The minimum Gasteiger partial charge on any atom is -0.380 e. The van der Waals surface area contributed by atoms with Gasteiger partial charge in [-0.3, -0.25) is 4.79 Å². The molecule has 0 saturated heterocycles. The standard InChI is InChI=1S/C17H18FNO2/c1-12-9-15(18)7-8-16(12)17(20)19-10-13-5-3-4-6-14(13)11-21-2/h3-9H,10-11H2,1-2H3,(H,19,20).